The summed E-state index contributed by atoms with van der Waals surface area (Å²) in [7, 11) is 2.03. The van der Waals surface area contributed by atoms with E-state index in [1.165, 1.54) is 11.3 Å². The monoisotopic (exact) mass is 217 g/mol. The average Bonchev–Trinajstić information content (AvgIpc) is 2.65. The van der Waals surface area contributed by atoms with Crippen LogP contribution in [0.5, 0.6) is 0 Å². The number of fused-ring (bicyclic) bond motifs is 1. The Balaban J connectivity index is 2.13. The maximum Gasteiger partial charge on any atom is 0.0909 e. The Hall–Kier alpha value is -1.51. The van der Waals surface area contributed by atoms with Gasteiger partial charge in [-0.1, -0.05) is 0 Å². The highest BCUT2D eigenvalue weighted by molar-refractivity contribution is 5.66. The smallest absolute Gasteiger partial charge is 0.0909 e. The first-order valence-electron chi connectivity index (χ1n) is 5.83. The summed E-state index contributed by atoms with van der Waals surface area (Å²) < 4.78 is 0. The summed E-state index contributed by atoms with van der Waals surface area (Å²) in [6.07, 6.45) is 2.98. The lowest BCUT2D eigenvalue weighted by Gasteiger charge is -2.08. The van der Waals surface area contributed by atoms with Crippen LogP contribution < -0.4 is 5.32 Å². The molecule has 16 heavy (non-hydrogen) atoms. The van der Waals surface area contributed by atoms with Crippen molar-refractivity contribution in [2.45, 2.75) is 26.3 Å². The molecule has 0 bridgehead atoms. The van der Waals surface area contributed by atoms with Crippen LogP contribution in [-0.4, -0.2) is 30.9 Å². The van der Waals surface area contributed by atoms with Crippen LogP contribution in [0.15, 0.2) is 23.2 Å². The van der Waals surface area contributed by atoms with Crippen molar-refractivity contribution < 1.29 is 0 Å². The lowest BCUT2D eigenvalue weighted by atomic mass is 10.1. The summed E-state index contributed by atoms with van der Waals surface area (Å²) in [6, 6.07) is 6.90. The van der Waals surface area contributed by atoms with Gasteiger partial charge in [0.15, 0.2) is 0 Å². The van der Waals surface area contributed by atoms with E-state index in [2.05, 4.69) is 47.3 Å². The fraction of sp³-hybridized carbons (Fsp3) is 0.462. The fourth-order valence-corrected chi connectivity index (χ4v) is 1.86. The maximum absolute atomic E-state index is 4.45. The molecule has 3 heteroatoms. The van der Waals surface area contributed by atoms with E-state index < -0.39 is 0 Å². The molecule has 1 unspecified atom stereocenters. The minimum absolute atomic E-state index is 0.549. The second-order valence-corrected chi connectivity index (χ2v) is 4.41. The molecule has 1 N–H and O–H groups in total. The Morgan fingerprint density at radius 1 is 1.56 bits per heavy atom. The van der Waals surface area contributed by atoms with Crippen molar-refractivity contribution in [1.29, 1.82) is 0 Å². The lowest BCUT2D eigenvalue weighted by molar-refractivity contribution is 0.552. The third-order valence-electron chi connectivity index (χ3n) is 2.92. The number of nitrogens with zero attached hydrogens (tertiary/aromatic N) is 2. The zero-order chi connectivity index (χ0) is 11.5. The number of aliphatic imine (C=N–C) groups is 1. The lowest BCUT2D eigenvalue weighted by Crippen LogP contribution is -2.14. The van der Waals surface area contributed by atoms with Gasteiger partial charge < -0.3 is 10.2 Å². The van der Waals surface area contributed by atoms with Crippen LogP contribution >= 0.6 is 0 Å². The van der Waals surface area contributed by atoms with Gasteiger partial charge in [0.25, 0.3) is 0 Å². The molecule has 3 nitrogen and oxygen atoms in total. The van der Waals surface area contributed by atoms with Gasteiger partial charge in [-0.3, -0.25) is 0 Å². The molecule has 0 radical (unpaired) electrons. The zero-order valence-electron chi connectivity index (χ0n) is 10.2. The molecule has 1 atom stereocenters. The molecule has 0 fully saturated rings. The summed E-state index contributed by atoms with van der Waals surface area (Å²) >= 11 is 0. The number of benzene rings is 1. The van der Waals surface area contributed by atoms with E-state index in [1.807, 2.05) is 13.4 Å². The molecule has 0 spiro atoms. The number of rotatable bonds is 3. The molecular weight excluding hydrogens is 198 g/mol. The molecule has 0 saturated heterocycles. The normalized spacial score (nSPS) is 18.6. The zero-order valence-corrected chi connectivity index (χ0v) is 10.2. The third kappa shape index (κ3) is 2.35. The molecule has 2 rings (SSSR count). The highest BCUT2D eigenvalue weighted by Gasteiger charge is 2.16. The summed E-state index contributed by atoms with van der Waals surface area (Å²) in [6.45, 7) is 5.29. The van der Waals surface area contributed by atoms with Gasteiger partial charge in [0, 0.05) is 25.3 Å². The van der Waals surface area contributed by atoms with E-state index in [1.54, 1.807) is 0 Å². The summed E-state index contributed by atoms with van der Waals surface area (Å²) in [5.41, 5.74) is 3.67. The predicted molar refractivity (Wildman–Crippen MR) is 69.7 cm³/mol. The SMILES string of the molecule is CCN(C)/C=N/c1ccc2c(c1)CC(C)N2. The van der Waals surface area contributed by atoms with Gasteiger partial charge in [0.2, 0.25) is 0 Å². The van der Waals surface area contributed by atoms with E-state index in [9.17, 15) is 0 Å². The molecule has 1 heterocycles. The Morgan fingerprint density at radius 3 is 3.12 bits per heavy atom. The van der Waals surface area contributed by atoms with Gasteiger partial charge in [-0.15, -0.1) is 0 Å². The Kier molecular flexibility index (Phi) is 3.13. The van der Waals surface area contributed by atoms with Crippen molar-refractivity contribution in [2.24, 2.45) is 4.99 Å². The highest BCUT2D eigenvalue weighted by Crippen LogP contribution is 2.29. The van der Waals surface area contributed by atoms with Crippen LogP contribution in [0.25, 0.3) is 0 Å². The van der Waals surface area contributed by atoms with Crippen LogP contribution in [0.2, 0.25) is 0 Å². The highest BCUT2D eigenvalue weighted by atomic mass is 15.1. The van der Waals surface area contributed by atoms with Crippen LogP contribution in [0.4, 0.5) is 11.4 Å². The van der Waals surface area contributed by atoms with Gasteiger partial charge in [0.05, 0.1) is 12.0 Å². The summed E-state index contributed by atoms with van der Waals surface area (Å²) in [5.74, 6) is 0. The van der Waals surface area contributed by atoms with Crippen LogP contribution in [0.1, 0.15) is 19.4 Å². The number of hydrogen-bond donors (Lipinski definition) is 1. The average molecular weight is 217 g/mol. The van der Waals surface area contributed by atoms with Gasteiger partial charge in [-0.25, -0.2) is 4.99 Å². The molecule has 0 saturated carbocycles. The molecule has 1 aliphatic rings. The van der Waals surface area contributed by atoms with Crippen molar-refractivity contribution in [2.75, 3.05) is 18.9 Å². The molecule has 1 aromatic carbocycles. The molecule has 1 aromatic rings. The largest absolute Gasteiger partial charge is 0.382 e. The summed E-state index contributed by atoms with van der Waals surface area (Å²) in [5, 5.41) is 3.44. The van der Waals surface area contributed by atoms with Crippen molar-refractivity contribution >= 4 is 17.7 Å². The van der Waals surface area contributed by atoms with Crippen LogP contribution in [0, 0.1) is 0 Å². The number of hydrogen-bond acceptors (Lipinski definition) is 2. The topological polar surface area (TPSA) is 27.6 Å². The molecule has 0 aromatic heterocycles. The van der Waals surface area contributed by atoms with Gasteiger partial charge in [-0.2, -0.15) is 0 Å². The third-order valence-corrected chi connectivity index (χ3v) is 2.92. The minimum atomic E-state index is 0.549. The minimum Gasteiger partial charge on any atom is -0.382 e. The second-order valence-electron chi connectivity index (χ2n) is 4.41. The molecule has 1 aliphatic heterocycles. The second kappa shape index (κ2) is 4.56. The van der Waals surface area contributed by atoms with Crippen molar-refractivity contribution in [1.82, 2.24) is 4.90 Å². The van der Waals surface area contributed by atoms with Crippen molar-refractivity contribution in [3.05, 3.63) is 23.8 Å². The first-order valence-corrected chi connectivity index (χ1v) is 5.83. The van der Waals surface area contributed by atoms with Gasteiger partial charge >= 0.3 is 0 Å². The first-order chi connectivity index (χ1) is 7.69. The van der Waals surface area contributed by atoms with Crippen LogP contribution in [-0.2, 0) is 6.42 Å². The molecule has 0 aliphatic carbocycles. The van der Waals surface area contributed by atoms with E-state index >= 15 is 0 Å². The number of nitrogens with one attached hydrogen (secondary N) is 1. The van der Waals surface area contributed by atoms with E-state index in [0.717, 1.165) is 18.7 Å². The van der Waals surface area contributed by atoms with Gasteiger partial charge in [0.1, 0.15) is 0 Å². The van der Waals surface area contributed by atoms with E-state index in [4.69, 9.17) is 0 Å². The van der Waals surface area contributed by atoms with Gasteiger partial charge in [-0.05, 0) is 44.0 Å². The molecule has 0 amide bonds. The maximum atomic E-state index is 4.45. The predicted octanol–water partition coefficient (Wildman–Crippen LogP) is 2.65. The quantitative estimate of drug-likeness (QED) is 0.622. The van der Waals surface area contributed by atoms with Crippen molar-refractivity contribution in [3.63, 3.8) is 0 Å². The fourth-order valence-electron chi connectivity index (χ4n) is 1.86. The number of anilines is 1. The molecular formula is C13H19N3. The van der Waals surface area contributed by atoms with Crippen molar-refractivity contribution in [3.8, 4) is 0 Å². The van der Waals surface area contributed by atoms with E-state index in [0.29, 0.717) is 6.04 Å². The molecule has 86 valence electrons. The summed E-state index contributed by atoms with van der Waals surface area (Å²) in [4.78, 5) is 6.52. The first kappa shape index (κ1) is 11.0. The van der Waals surface area contributed by atoms with Crippen LogP contribution in [0.3, 0.4) is 0 Å². The Bertz CT molecular complexity index is 398. The van der Waals surface area contributed by atoms with E-state index in [-0.39, 0.29) is 0 Å². The standard InChI is InChI=1S/C13H19N3/c1-4-16(3)9-14-12-5-6-13-11(8-12)7-10(2)15-13/h5-6,8-10,15H,4,7H2,1-3H3/b14-9+. The Morgan fingerprint density at radius 2 is 2.38 bits per heavy atom. The Labute approximate surface area is 97.2 Å².